The molecule has 0 aliphatic rings. The van der Waals surface area contributed by atoms with Gasteiger partial charge in [-0.3, -0.25) is 0 Å². The predicted octanol–water partition coefficient (Wildman–Crippen LogP) is 5.46. The van der Waals surface area contributed by atoms with Crippen molar-refractivity contribution >= 4 is 44.2 Å². The Hall–Kier alpha value is -1.45. The van der Waals surface area contributed by atoms with Gasteiger partial charge in [0.25, 0.3) is 0 Å². The average Bonchev–Trinajstić information content (AvgIpc) is 2.80. The lowest BCUT2D eigenvalue weighted by Gasteiger charge is -2.06. The van der Waals surface area contributed by atoms with Crippen LogP contribution in [-0.2, 0) is 6.54 Å². The second-order valence-electron chi connectivity index (χ2n) is 4.23. The number of benzene rings is 2. The molecule has 0 aliphatic carbocycles. The first-order chi connectivity index (χ1) is 9.22. The van der Waals surface area contributed by atoms with Crippen LogP contribution in [0.2, 0.25) is 5.02 Å². The number of nitrogens with one attached hydrogen (secondary N) is 1. The number of anilines is 1. The molecular weight excluding hydrogens is 326 g/mol. The Labute approximate surface area is 124 Å². The van der Waals surface area contributed by atoms with Crippen LogP contribution >= 0.6 is 27.5 Å². The number of rotatable bonds is 3. The Kier molecular flexibility index (Phi) is 3.49. The summed E-state index contributed by atoms with van der Waals surface area (Å²) in [4.78, 5) is 0. The quantitative estimate of drug-likeness (QED) is 0.687. The highest BCUT2D eigenvalue weighted by molar-refractivity contribution is 9.10. The van der Waals surface area contributed by atoms with E-state index in [0.29, 0.717) is 11.6 Å². The van der Waals surface area contributed by atoms with Crippen molar-refractivity contribution in [1.82, 2.24) is 0 Å². The van der Waals surface area contributed by atoms with Crippen molar-refractivity contribution in [2.45, 2.75) is 6.54 Å². The lowest BCUT2D eigenvalue weighted by Crippen LogP contribution is -1.98. The summed E-state index contributed by atoms with van der Waals surface area (Å²) in [6.07, 6.45) is 0. The number of para-hydroxylation sites is 1. The van der Waals surface area contributed by atoms with E-state index in [1.165, 1.54) is 0 Å². The van der Waals surface area contributed by atoms with Gasteiger partial charge in [0.2, 0.25) is 0 Å². The summed E-state index contributed by atoms with van der Waals surface area (Å²) in [5, 5.41) is 5.07. The van der Waals surface area contributed by atoms with Crippen LogP contribution in [0.25, 0.3) is 11.0 Å². The second-order valence-corrected chi connectivity index (χ2v) is 5.55. The van der Waals surface area contributed by atoms with Crippen molar-refractivity contribution in [3.05, 3.63) is 63.8 Å². The molecule has 3 rings (SSSR count). The number of halogens is 2. The first-order valence-electron chi connectivity index (χ1n) is 5.89. The molecule has 0 bridgehead atoms. The molecule has 96 valence electrons. The Morgan fingerprint density at radius 1 is 1.11 bits per heavy atom. The fourth-order valence-corrected chi connectivity index (χ4v) is 2.68. The van der Waals surface area contributed by atoms with E-state index < -0.39 is 0 Å². The van der Waals surface area contributed by atoms with E-state index in [9.17, 15) is 0 Å². The van der Waals surface area contributed by atoms with Gasteiger partial charge in [-0.2, -0.15) is 0 Å². The van der Waals surface area contributed by atoms with Crippen LogP contribution in [-0.4, -0.2) is 0 Å². The van der Waals surface area contributed by atoms with Crippen molar-refractivity contribution in [3.8, 4) is 0 Å². The van der Waals surface area contributed by atoms with Gasteiger partial charge in [0.15, 0.2) is 0 Å². The molecule has 0 atom stereocenters. The molecule has 0 saturated heterocycles. The fourth-order valence-electron chi connectivity index (χ4n) is 1.94. The summed E-state index contributed by atoms with van der Waals surface area (Å²) in [5.41, 5.74) is 1.80. The van der Waals surface area contributed by atoms with Crippen LogP contribution in [0, 0.1) is 0 Å². The lowest BCUT2D eigenvalue weighted by atomic mass is 10.2. The van der Waals surface area contributed by atoms with Crippen LogP contribution in [0.4, 0.5) is 5.69 Å². The maximum absolute atomic E-state index is 6.15. The molecule has 1 N–H and O–H groups in total. The highest BCUT2D eigenvalue weighted by Gasteiger charge is 2.04. The largest absolute Gasteiger partial charge is 0.459 e. The van der Waals surface area contributed by atoms with E-state index in [-0.39, 0.29) is 0 Å². The lowest BCUT2D eigenvalue weighted by molar-refractivity contribution is 0.559. The first kappa shape index (κ1) is 12.6. The Bertz CT molecular complexity index is 690. The zero-order chi connectivity index (χ0) is 13.2. The average molecular weight is 337 g/mol. The van der Waals surface area contributed by atoms with Crippen LogP contribution in [0.15, 0.2) is 57.4 Å². The van der Waals surface area contributed by atoms with Gasteiger partial charge in [-0.15, -0.1) is 0 Å². The standard InChI is InChI=1S/C15H11BrClNO/c16-11-5-6-14(13(17)8-11)18-9-12-7-10-3-1-2-4-15(10)19-12/h1-8,18H,9H2. The number of furan rings is 1. The third kappa shape index (κ3) is 2.77. The molecule has 1 heterocycles. The van der Waals surface area contributed by atoms with Gasteiger partial charge >= 0.3 is 0 Å². The molecule has 0 fully saturated rings. The van der Waals surface area contributed by atoms with Crippen LogP contribution in [0.1, 0.15) is 5.76 Å². The third-order valence-corrected chi connectivity index (χ3v) is 3.67. The monoisotopic (exact) mass is 335 g/mol. The number of hydrogen-bond donors (Lipinski definition) is 1. The minimum absolute atomic E-state index is 0.607. The first-order valence-corrected chi connectivity index (χ1v) is 7.06. The maximum atomic E-state index is 6.15. The van der Waals surface area contributed by atoms with Crippen LogP contribution in [0.3, 0.4) is 0 Å². The summed E-state index contributed by atoms with van der Waals surface area (Å²) < 4.78 is 6.70. The molecule has 0 saturated carbocycles. The SMILES string of the molecule is Clc1cc(Br)ccc1NCc1cc2ccccc2o1. The molecular formula is C15H11BrClNO. The zero-order valence-corrected chi connectivity index (χ0v) is 12.3. The van der Waals surface area contributed by atoms with Crippen LogP contribution < -0.4 is 5.32 Å². The molecule has 0 aliphatic heterocycles. The molecule has 2 aromatic carbocycles. The van der Waals surface area contributed by atoms with Gasteiger partial charge in [-0.1, -0.05) is 45.7 Å². The van der Waals surface area contributed by atoms with E-state index in [0.717, 1.165) is 26.9 Å². The van der Waals surface area contributed by atoms with Crippen molar-refractivity contribution in [2.75, 3.05) is 5.32 Å². The van der Waals surface area contributed by atoms with Gasteiger partial charge in [-0.25, -0.2) is 0 Å². The van der Waals surface area contributed by atoms with Gasteiger partial charge < -0.3 is 9.73 Å². The number of fused-ring (bicyclic) bond motifs is 1. The highest BCUT2D eigenvalue weighted by atomic mass is 79.9. The summed E-state index contributed by atoms with van der Waals surface area (Å²) >= 11 is 9.54. The van der Waals surface area contributed by atoms with Gasteiger partial charge in [0, 0.05) is 9.86 Å². The van der Waals surface area contributed by atoms with Crippen molar-refractivity contribution in [3.63, 3.8) is 0 Å². The molecule has 3 aromatic rings. The summed E-state index contributed by atoms with van der Waals surface area (Å²) in [5.74, 6) is 0.889. The van der Waals surface area contributed by atoms with Gasteiger partial charge in [0.1, 0.15) is 11.3 Å². The predicted molar refractivity (Wildman–Crippen MR) is 82.7 cm³/mol. The second kappa shape index (κ2) is 5.27. The Morgan fingerprint density at radius 2 is 1.95 bits per heavy atom. The smallest absolute Gasteiger partial charge is 0.134 e. The summed E-state index contributed by atoms with van der Waals surface area (Å²) in [6, 6.07) is 15.8. The Morgan fingerprint density at radius 3 is 2.74 bits per heavy atom. The molecule has 1 aromatic heterocycles. The van der Waals surface area contributed by atoms with E-state index >= 15 is 0 Å². The van der Waals surface area contributed by atoms with Crippen LogP contribution in [0.5, 0.6) is 0 Å². The summed E-state index contributed by atoms with van der Waals surface area (Å²) in [6.45, 7) is 0.607. The zero-order valence-electron chi connectivity index (χ0n) is 9.99. The fraction of sp³-hybridized carbons (Fsp3) is 0.0667. The molecule has 0 amide bonds. The van der Waals surface area contributed by atoms with E-state index in [2.05, 4.69) is 21.2 Å². The van der Waals surface area contributed by atoms with Crippen molar-refractivity contribution in [1.29, 1.82) is 0 Å². The van der Waals surface area contributed by atoms with Gasteiger partial charge in [-0.05, 0) is 30.3 Å². The molecule has 4 heteroatoms. The van der Waals surface area contributed by atoms with Gasteiger partial charge in [0.05, 0.1) is 17.3 Å². The molecule has 0 unspecified atom stereocenters. The topological polar surface area (TPSA) is 25.2 Å². The molecule has 2 nitrogen and oxygen atoms in total. The van der Waals surface area contributed by atoms with E-state index in [1.54, 1.807) is 0 Å². The number of hydrogen-bond acceptors (Lipinski definition) is 2. The highest BCUT2D eigenvalue weighted by Crippen LogP contribution is 2.26. The minimum Gasteiger partial charge on any atom is -0.459 e. The molecule has 19 heavy (non-hydrogen) atoms. The normalized spacial score (nSPS) is 10.8. The molecule has 0 radical (unpaired) electrons. The Balaban J connectivity index is 1.78. The van der Waals surface area contributed by atoms with Crippen molar-refractivity contribution < 1.29 is 4.42 Å². The van der Waals surface area contributed by atoms with E-state index in [4.69, 9.17) is 16.0 Å². The van der Waals surface area contributed by atoms with E-state index in [1.807, 2.05) is 48.5 Å². The summed E-state index contributed by atoms with van der Waals surface area (Å²) in [7, 11) is 0. The third-order valence-electron chi connectivity index (χ3n) is 2.86. The minimum atomic E-state index is 0.607. The maximum Gasteiger partial charge on any atom is 0.134 e. The molecule has 0 spiro atoms. The van der Waals surface area contributed by atoms with Crippen molar-refractivity contribution in [2.24, 2.45) is 0 Å².